The first kappa shape index (κ1) is 25.5. The van der Waals surface area contributed by atoms with E-state index < -0.39 is 8.07 Å². The smallest absolute Gasteiger partial charge is 0.145 e. The predicted octanol–water partition coefficient (Wildman–Crippen LogP) is 5.18. The van der Waals surface area contributed by atoms with Crippen LogP contribution in [-0.2, 0) is 11.5 Å². The Morgan fingerprint density at radius 3 is 2.74 bits per heavy atom. The zero-order valence-corrected chi connectivity index (χ0v) is 23.0. The van der Waals surface area contributed by atoms with Gasteiger partial charge in [-0.1, -0.05) is 19.6 Å². The Morgan fingerprint density at radius 2 is 2.06 bits per heavy atom. The van der Waals surface area contributed by atoms with Gasteiger partial charge in [0.1, 0.15) is 18.7 Å². The maximum atomic E-state index is 9.55. The van der Waals surface area contributed by atoms with E-state index in [4.69, 9.17) is 9.84 Å². The Kier molecular flexibility index (Phi) is 7.45. The normalized spacial score (nSPS) is 18.3. The number of aromatic nitrogens is 5. The summed E-state index contributed by atoms with van der Waals surface area (Å²) in [6.07, 6.45) is 9.07. The molecule has 1 aliphatic rings. The number of rotatable bonds is 9. The van der Waals surface area contributed by atoms with Crippen LogP contribution in [0, 0.1) is 17.2 Å². The molecule has 0 N–H and O–H groups in total. The molecule has 35 heavy (non-hydrogen) atoms. The maximum Gasteiger partial charge on any atom is 0.145 e. The van der Waals surface area contributed by atoms with Crippen molar-refractivity contribution in [1.82, 2.24) is 29.2 Å². The molecule has 0 saturated carbocycles. The molecule has 1 aliphatic heterocycles. The fourth-order valence-electron chi connectivity index (χ4n) is 4.80. The first-order chi connectivity index (χ1) is 16.6. The lowest BCUT2D eigenvalue weighted by atomic mass is 9.96. The van der Waals surface area contributed by atoms with Crippen LogP contribution in [0.4, 0.5) is 0 Å². The van der Waals surface area contributed by atoms with Gasteiger partial charge in [0.2, 0.25) is 0 Å². The molecule has 4 heterocycles. The molecule has 1 fully saturated rings. The zero-order chi connectivity index (χ0) is 25.2. The zero-order valence-electron chi connectivity index (χ0n) is 22.0. The lowest BCUT2D eigenvalue weighted by Crippen LogP contribution is -2.40. The summed E-state index contributed by atoms with van der Waals surface area (Å²) in [5.41, 5.74) is 2.81. The van der Waals surface area contributed by atoms with Gasteiger partial charge in [-0.15, -0.1) is 0 Å². The topological polar surface area (TPSA) is 84.8 Å². The van der Waals surface area contributed by atoms with Crippen molar-refractivity contribution in [1.29, 1.82) is 5.26 Å². The van der Waals surface area contributed by atoms with Gasteiger partial charge in [-0.25, -0.2) is 9.97 Å². The first-order valence-electron chi connectivity index (χ1n) is 12.6. The lowest BCUT2D eigenvalue weighted by molar-refractivity contribution is 0.0899. The van der Waals surface area contributed by atoms with Crippen molar-refractivity contribution in [2.45, 2.75) is 77.6 Å². The van der Waals surface area contributed by atoms with Crippen LogP contribution in [0.3, 0.4) is 0 Å². The summed E-state index contributed by atoms with van der Waals surface area (Å²) in [5.74, 6) is 0.404. The van der Waals surface area contributed by atoms with Gasteiger partial charge in [0.05, 0.1) is 30.4 Å². The Labute approximate surface area is 209 Å². The highest BCUT2D eigenvalue weighted by Gasteiger charge is 2.35. The summed E-state index contributed by atoms with van der Waals surface area (Å²) in [5, 5.41) is 15.2. The minimum Gasteiger partial charge on any atom is -0.361 e. The van der Waals surface area contributed by atoms with E-state index in [2.05, 4.69) is 67.4 Å². The molecule has 4 rings (SSSR count). The fraction of sp³-hybridized carbons (Fsp3) is 0.615. The summed E-state index contributed by atoms with van der Waals surface area (Å²) < 4.78 is 9.97. The summed E-state index contributed by atoms with van der Waals surface area (Å²) in [4.78, 5) is 11.6. The molecule has 1 saturated heterocycles. The second kappa shape index (κ2) is 10.2. The van der Waals surface area contributed by atoms with E-state index in [1.165, 1.54) is 0 Å². The molecule has 3 aromatic heterocycles. The summed E-state index contributed by atoms with van der Waals surface area (Å²) in [6.45, 7) is 17.1. The number of nitrogens with zero attached hydrogens (tertiary/aromatic N) is 7. The Bertz CT molecular complexity index is 1180. The maximum absolute atomic E-state index is 9.55. The van der Waals surface area contributed by atoms with Gasteiger partial charge in [-0.05, 0) is 51.8 Å². The van der Waals surface area contributed by atoms with Gasteiger partial charge in [-0.3, -0.25) is 9.58 Å². The molecule has 0 aliphatic carbocycles. The molecule has 0 bridgehead atoms. The molecule has 8 nitrogen and oxygen atoms in total. The summed E-state index contributed by atoms with van der Waals surface area (Å²) >= 11 is 0. The highest BCUT2D eigenvalue weighted by molar-refractivity contribution is 6.76. The molecule has 0 amide bonds. The number of hydrogen-bond donors (Lipinski definition) is 0. The molecule has 3 aromatic rings. The monoisotopic (exact) mass is 493 g/mol. The second-order valence-electron chi connectivity index (χ2n) is 11.9. The standard InChI is InChI=1S/C26H39N7OSi/c1-26(2,3)32-12-8-20(16-32)23(7-10-27)33-17-21(15-30-33)24-22-9-11-31(25(22)29-18-28-24)19-34-13-14-35(4,5)6/h9,11,15,17-18,20,23H,7-8,12-14,16,19H2,1-6H3. The van der Waals surface area contributed by atoms with Crippen LogP contribution in [0.15, 0.2) is 31.0 Å². The molecular formula is C26H39N7OSi. The van der Waals surface area contributed by atoms with Crippen molar-refractivity contribution >= 4 is 19.1 Å². The summed E-state index contributed by atoms with van der Waals surface area (Å²) in [6, 6.07) is 5.64. The highest BCUT2D eigenvalue weighted by Crippen LogP contribution is 2.34. The molecule has 188 valence electrons. The predicted molar refractivity (Wildman–Crippen MR) is 142 cm³/mol. The number of ether oxygens (including phenoxy) is 1. The van der Waals surface area contributed by atoms with Crippen molar-refractivity contribution in [2.75, 3.05) is 19.7 Å². The van der Waals surface area contributed by atoms with Crippen LogP contribution in [0.5, 0.6) is 0 Å². The summed E-state index contributed by atoms with van der Waals surface area (Å²) in [7, 11) is -1.11. The molecule has 2 unspecified atom stereocenters. The Morgan fingerprint density at radius 1 is 1.26 bits per heavy atom. The third-order valence-corrected chi connectivity index (χ3v) is 8.72. The van der Waals surface area contributed by atoms with E-state index in [0.29, 0.717) is 19.1 Å². The van der Waals surface area contributed by atoms with E-state index in [0.717, 1.165) is 54.5 Å². The molecule has 0 aromatic carbocycles. The molecule has 9 heteroatoms. The molecular weight excluding hydrogens is 454 g/mol. The van der Waals surface area contributed by atoms with Crippen LogP contribution in [0.1, 0.15) is 39.7 Å². The van der Waals surface area contributed by atoms with Gasteiger partial charge in [0.15, 0.2) is 0 Å². The number of likely N-dealkylation sites (tertiary alicyclic amines) is 1. The SMILES string of the molecule is CC(C)(C)N1CCC(C(CC#N)n2cc(-c3ncnc4c3ccn4COCC[Si](C)(C)C)cn2)C1. The van der Waals surface area contributed by atoms with E-state index in [9.17, 15) is 5.26 Å². The van der Waals surface area contributed by atoms with Gasteiger partial charge in [0, 0.05) is 50.1 Å². The van der Waals surface area contributed by atoms with Gasteiger partial charge in [0.25, 0.3) is 0 Å². The Hall–Kier alpha value is -2.54. The highest BCUT2D eigenvalue weighted by atomic mass is 28.3. The molecule has 0 spiro atoms. The van der Waals surface area contributed by atoms with E-state index >= 15 is 0 Å². The Balaban J connectivity index is 1.52. The van der Waals surface area contributed by atoms with Crippen molar-refractivity contribution < 1.29 is 4.74 Å². The van der Waals surface area contributed by atoms with Crippen LogP contribution in [0.2, 0.25) is 25.7 Å². The van der Waals surface area contributed by atoms with Gasteiger partial charge in [-0.2, -0.15) is 10.4 Å². The van der Waals surface area contributed by atoms with Gasteiger partial charge < -0.3 is 9.30 Å². The van der Waals surface area contributed by atoms with Crippen LogP contribution in [0.25, 0.3) is 22.3 Å². The third kappa shape index (κ3) is 6.00. The van der Waals surface area contributed by atoms with Gasteiger partial charge >= 0.3 is 0 Å². The fourth-order valence-corrected chi connectivity index (χ4v) is 5.56. The molecule has 0 radical (unpaired) electrons. The van der Waals surface area contributed by atoms with E-state index in [1.807, 2.05) is 27.8 Å². The quantitative estimate of drug-likeness (QED) is 0.301. The minimum absolute atomic E-state index is 0.0581. The largest absolute Gasteiger partial charge is 0.361 e. The molecule has 2 atom stereocenters. The minimum atomic E-state index is -1.11. The third-order valence-electron chi connectivity index (χ3n) is 7.02. The number of nitriles is 1. The van der Waals surface area contributed by atoms with Crippen molar-refractivity contribution in [3.8, 4) is 17.3 Å². The van der Waals surface area contributed by atoms with Crippen LogP contribution < -0.4 is 0 Å². The van der Waals surface area contributed by atoms with E-state index in [1.54, 1.807) is 6.33 Å². The number of fused-ring (bicyclic) bond motifs is 1. The average Bonchev–Trinajstić information content (AvgIpc) is 3.54. The van der Waals surface area contributed by atoms with Crippen molar-refractivity contribution in [3.63, 3.8) is 0 Å². The number of hydrogen-bond acceptors (Lipinski definition) is 6. The lowest BCUT2D eigenvalue weighted by Gasteiger charge is -2.32. The first-order valence-corrected chi connectivity index (χ1v) is 16.3. The average molecular weight is 494 g/mol. The van der Waals surface area contributed by atoms with Crippen molar-refractivity contribution in [3.05, 3.63) is 31.0 Å². The van der Waals surface area contributed by atoms with Crippen LogP contribution >= 0.6 is 0 Å². The van der Waals surface area contributed by atoms with Crippen LogP contribution in [-0.4, -0.2) is 62.5 Å². The van der Waals surface area contributed by atoms with Crippen molar-refractivity contribution in [2.24, 2.45) is 5.92 Å². The second-order valence-corrected chi connectivity index (χ2v) is 17.5. The van der Waals surface area contributed by atoms with E-state index in [-0.39, 0.29) is 11.6 Å².